The molecule has 21 heavy (non-hydrogen) atoms. The molecule has 2 N–H and O–H groups in total. The maximum atomic E-state index is 12.1. The van der Waals surface area contributed by atoms with E-state index in [2.05, 4.69) is 20.9 Å². The van der Waals surface area contributed by atoms with Crippen LogP contribution in [-0.4, -0.2) is 27.9 Å². The molecule has 2 aromatic rings. The van der Waals surface area contributed by atoms with Gasteiger partial charge in [-0.05, 0) is 38.1 Å². The highest BCUT2D eigenvalue weighted by atomic mass is 35.5. The summed E-state index contributed by atoms with van der Waals surface area (Å²) < 4.78 is 1.50. The Hall–Kier alpha value is -1.92. The number of benzene rings is 1. The lowest BCUT2D eigenvalue weighted by molar-refractivity contribution is -0.116. The van der Waals surface area contributed by atoms with Gasteiger partial charge in [0.2, 0.25) is 5.91 Å². The zero-order valence-electron chi connectivity index (χ0n) is 12.3. The number of carbonyl (C=O) groups excluding carboxylic acids is 1. The first kappa shape index (κ1) is 15.5. The van der Waals surface area contributed by atoms with Gasteiger partial charge >= 0.3 is 0 Å². The molecule has 1 heterocycles. The third kappa shape index (κ3) is 4.03. The lowest BCUT2D eigenvalue weighted by atomic mass is 10.1. The van der Waals surface area contributed by atoms with Crippen LogP contribution in [0.1, 0.15) is 16.8 Å². The zero-order chi connectivity index (χ0) is 15.4. The number of aryl methyl sites for hydroxylation is 2. The molecular weight excluding hydrogens is 290 g/mol. The average molecular weight is 308 g/mol. The Kier molecular flexibility index (Phi) is 4.93. The molecule has 7 heteroatoms. The molecule has 0 atom stereocenters. The van der Waals surface area contributed by atoms with Gasteiger partial charge in [0.1, 0.15) is 6.54 Å². The molecule has 1 aromatic carbocycles. The third-order valence-electron chi connectivity index (χ3n) is 2.95. The molecule has 0 spiro atoms. The van der Waals surface area contributed by atoms with E-state index in [0.29, 0.717) is 17.3 Å². The second kappa shape index (κ2) is 6.69. The number of halogens is 1. The molecule has 0 unspecified atom stereocenters. The highest BCUT2D eigenvalue weighted by molar-refractivity contribution is 6.34. The SMILES string of the molecule is CNCc1cn(CC(=O)Nc2c(C)cc(C)cc2Cl)nn1. The minimum Gasteiger partial charge on any atom is -0.323 e. The Morgan fingerprint density at radius 3 is 2.81 bits per heavy atom. The van der Waals surface area contributed by atoms with Crippen LogP contribution >= 0.6 is 11.6 Å². The Morgan fingerprint density at radius 2 is 2.14 bits per heavy atom. The summed E-state index contributed by atoms with van der Waals surface area (Å²) >= 11 is 6.17. The van der Waals surface area contributed by atoms with Gasteiger partial charge in [0, 0.05) is 6.54 Å². The molecule has 0 fully saturated rings. The fourth-order valence-electron chi connectivity index (χ4n) is 2.08. The molecule has 0 aliphatic heterocycles. The van der Waals surface area contributed by atoms with Gasteiger partial charge in [0.15, 0.2) is 0 Å². The second-order valence-corrected chi connectivity index (χ2v) is 5.33. The molecule has 0 saturated heterocycles. The summed E-state index contributed by atoms with van der Waals surface area (Å²) in [5.41, 5.74) is 3.42. The summed E-state index contributed by atoms with van der Waals surface area (Å²) in [5.74, 6) is -0.190. The van der Waals surface area contributed by atoms with E-state index < -0.39 is 0 Å². The Balaban J connectivity index is 2.04. The molecule has 0 aliphatic carbocycles. The summed E-state index contributed by atoms with van der Waals surface area (Å²) in [5, 5.41) is 14.2. The lowest BCUT2D eigenvalue weighted by Gasteiger charge is -2.11. The molecule has 6 nitrogen and oxygen atoms in total. The highest BCUT2D eigenvalue weighted by Crippen LogP contribution is 2.27. The predicted octanol–water partition coefficient (Wildman–Crippen LogP) is 1.91. The lowest BCUT2D eigenvalue weighted by Crippen LogP contribution is -2.20. The van der Waals surface area contributed by atoms with Crippen molar-refractivity contribution in [1.29, 1.82) is 0 Å². The van der Waals surface area contributed by atoms with Crippen LogP contribution < -0.4 is 10.6 Å². The van der Waals surface area contributed by atoms with E-state index in [-0.39, 0.29) is 12.5 Å². The Bertz CT molecular complexity index is 630. The van der Waals surface area contributed by atoms with E-state index in [0.717, 1.165) is 16.8 Å². The highest BCUT2D eigenvalue weighted by Gasteiger charge is 2.11. The number of nitrogens with one attached hydrogen (secondary N) is 2. The van der Waals surface area contributed by atoms with E-state index in [9.17, 15) is 4.79 Å². The van der Waals surface area contributed by atoms with Crippen molar-refractivity contribution >= 4 is 23.2 Å². The van der Waals surface area contributed by atoms with E-state index in [1.54, 1.807) is 6.20 Å². The number of nitrogens with zero attached hydrogens (tertiary/aromatic N) is 3. The van der Waals surface area contributed by atoms with Gasteiger partial charge in [0.05, 0.1) is 22.6 Å². The zero-order valence-corrected chi connectivity index (χ0v) is 13.0. The molecular formula is C14H18ClN5O. The van der Waals surface area contributed by atoms with Crippen LogP contribution in [0.3, 0.4) is 0 Å². The summed E-state index contributed by atoms with van der Waals surface area (Å²) in [6, 6.07) is 3.80. The largest absolute Gasteiger partial charge is 0.323 e. The fourth-order valence-corrected chi connectivity index (χ4v) is 2.45. The van der Waals surface area contributed by atoms with Crippen molar-refractivity contribution in [2.24, 2.45) is 0 Å². The standard InChI is InChI=1S/C14H18ClN5O/c1-9-4-10(2)14(12(15)5-9)17-13(21)8-20-7-11(6-16-3)18-19-20/h4-5,7,16H,6,8H2,1-3H3,(H,17,21). The van der Waals surface area contributed by atoms with Crippen LogP contribution in [0.2, 0.25) is 5.02 Å². The van der Waals surface area contributed by atoms with E-state index in [1.165, 1.54) is 4.68 Å². The summed E-state index contributed by atoms with van der Waals surface area (Å²) in [6.07, 6.45) is 1.74. The minimum absolute atomic E-state index is 0.0976. The third-order valence-corrected chi connectivity index (χ3v) is 3.24. The van der Waals surface area contributed by atoms with Gasteiger partial charge in [-0.1, -0.05) is 22.9 Å². The first-order valence-electron chi connectivity index (χ1n) is 6.60. The molecule has 2 rings (SSSR count). The van der Waals surface area contributed by atoms with Crippen molar-refractivity contribution in [3.8, 4) is 0 Å². The fraction of sp³-hybridized carbons (Fsp3) is 0.357. The van der Waals surface area contributed by atoms with Crippen LogP contribution in [-0.2, 0) is 17.9 Å². The van der Waals surface area contributed by atoms with Gasteiger partial charge in [-0.25, -0.2) is 4.68 Å². The average Bonchev–Trinajstić information content (AvgIpc) is 2.81. The predicted molar refractivity (Wildman–Crippen MR) is 82.3 cm³/mol. The van der Waals surface area contributed by atoms with Crippen molar-refractivity contribution in [2.45, 2.75) is 26.9 Å². The van der Waals surface area contributed by atoms with Gasteiger partial charge in [-0.2, -0.15) is 0 Å². The van der Waals surface area contributed by atoms with Crippen LogP contribution in [0.25, 0.3) is 0 Å². The van der Waals surface area contributed by atoms with E-state index >= 15 is 0 Å². The summed E-state index contributed by atoms with van der Waals surface area (Å²) in [7, 11) is 1.83. The second-order valence-electron chi connectivity index (χ2n) is 4.92. The molecule has 1 amide bonds. The molecule has 0 saturated carbocycles. The topological polar surface area (TPSA) is 71.8 Å². The number of hydrogen-bond acceptors (Lipinski definition) is 4. The number of hydrogen-bond donors (Lipinski definition) is 2. The van der Waals surface area contributed by atoms with Crippen LogP contribution in [0, 0.1) is 13.8 Å². The Morgan fingerprint density at radius 1 is 1.38 bits per heavy atom. The van der Waals surface area contributed by atoms with Crippen LogP contribution in [0.5, 0.6) is 0 Å². The van der Waals surface area contributed by atoms with Crippen molar-refractivity contribution in [1.82, 2.24) is 20.3 Å². The van der Waals surface area contributed by atoms with Gasteiger partial charge in [-0.3, -0.25) is 4.79 Å². The van der Waals surface area contributed by atoms with Crippen molar-refractivity contribution in [2.75, 3.05) is 12.4 Å². The smallest absolute Gasteiger partial charge is 0.246 e. The Labute approximate surface area is 128 Å². The van der Waals surface area contributed by atoms with Gasteiger partial charge in [0.25, 0.3) is 0 Å². The summed E-state index contributed by atoms with van der Waals surface area (Å²) in [4.78, 5) is 12.1. The number of amides is 1. The first-order valence-corrected chi connectivity index (χ1v) is 6.97. The summed E-state index contributed by atoms with van der Waals surface area (Å²) in [6.45, 7) is 4.59. The van der Waals surface area contributed by atoms with Crippen molar-refractivity contribution < 1.29 is 4.79 Å². The van der Waals surface area contributed by atoms with Crippen molar-refractivity contribution in [3.63, 3.8) is 0 Å². The maximum absolute atomic E-state index is 12.1. The molecule has 0 bridgehead atoms. The first-order chi connectivity index (χ1) is 9.99. The number of rotatable bonds is 5. The number of carbonyl (C=O) groups is 1. The molecule has 0 aliphatic rings. The van der Waals surface area contributed by atoms with E-state index in [4.69, 9.17) is 11.6 Å². The minimum atomic E-state index is -0.190. The van der Waals surface area contributed by atoms with E-state index in [1.807, 2.05) is 33.0 Å². The molecule has 1 aromatic heterocycles. The quantitative estimate of drug-likeness (QED) is 0.885. The molecule has 0 radical (unpaired) electrons. The van der Waals surface area contributed by atoms with Gasteiger partial charge in [-0.15, -0.1) is 5.10 Å². The number of aromatic nitrogens is 3. The number of anilines is 1. The maximum Gasteiger partial charge on any atom is 0.246 e. The van der Waals surface area contributed by atoms with Crippen molar-refractivity contribution in [3.05, 3.63) is 40.2 Å². The van der Waals surface area contributed by atoms with Crippen LogP contribution in [0.4, 0.5) is 5.69 Å². The molecule has 112 valence electrons. The van der Waals surface area contributed by atoms with Crippen LogP contribution in [0.15, 0.2) is 18.3 Å². The monoisotopic (exact) mass is 307 g/mol. The normalized spacial score (nSPS) is 10.7. The van der Waals surface area contributed by atoms with Gasteiger partial charge < -0.3 is 10.6 Å².